The van der Waals surface area contributed by atoms with E-state index >= 15 is 0 Å². The Hall–Kier alpha value is -2.62. The summed E-state index contributed by atoms with van der Waals surface area (Å²) in [6, 6.07) is 10.3. The summed E-state index contributed by atoms with van der Waals surface area (Å²) in [6.45, 7) is 5.00. The normalized spacial score (nSPS) is 17.8. The molecule has 1 aliphatic carbocycles. The van der Waals surface area contributed by atoms with Gasteiger partial charge in [0.1, 0.15) is 5.56 Å². The molecule has 1 aromatic carbocycles. The molecule has 128 valence electrons. The highest BCUT2D eigenvalue weighted by molar-refractivity contribution is 5.95. The number of hydrogen-bond acceptors (Lipinski definition) is 2. The number of aromatic nitrogens is 1. The molecular formula is C21H22N2O2. The zero-order chi connectivity index (χ0) is 17.6. The van der Waals surface area contributed by atoms with Crippen molar-refractivity contribution in [2.45, 2.75) is 32.1 Å². The SMILES string of the molecule is Cc1cc(C)c(C(=O)N2CCC3(C=Cc4ccccc43)CC2)c(=O)[nH]1. The number of amides is 1. The number of aryl methyl sites for hydroxylation is 2. The number of fused-ring (bicyclic) bond motifs is 2. The van der Waals surface area contributed by atoms with Gasteiger partial charge in [0.2, 0.25) is 0 Å². The second-order valence-corrected chi connectivity index (χ2v) is 7.21. The van der Waals surface area contributed by atoms with E-state index < -0.39 is 0 Å². The number of hydrogen-bond donors (Lipinski definition) is 1. The zero-order valence-corrected chi connectivity index (χ0v) is 14.6. The molecule has 4 nitrogen and oxygen atoms in total. The minimum atomic E-state index is -0.283. The molecule has 0 bridgehead atoms. The predicted octanol–water partition coefficient (Wildman–Crippen LogP) is 3.19. The molecule has 1 saturated heterocycles. The van der Waals surface area contributed by atoms with Crippen molar-refractivity contribution in [3.63, 3.8) is 0 Å². The maximum atomic E-state index is 12.9. The molecule has 4 heteroatoms. The van der Waals surface area contributed by atoms with E-state index in [0.717, 1.165) is 24.1 Å². The van der Waals surface area contributed by atoms with Gasteiger partial charge in [0, 0.05) is 24.2 Å². The van der Waals surface area contributed by atoms with Crippen molar-refractivity contribution < 1.29 is 4.79 Å². The molecule has 0 radical (unpaired) electrons. The van der Waals surface area contributed by atoms with E-state index in [9.17, 15) is 9.59 Å². The van der Waals surface area contributed by atoms with Crippen molar-refractivity contribution in [1.29, 1.82) is 0 Å². The number of allylic oxidation sites excluding steroid dienone is 1. The first-order valence-electron chi connectivity index (χ1n) is 8.79. The quantitative estimate of drug-likeness (QED) is 0.871. The molecule has 1 amide bonds. The Morgan fingerprint density at radius 2 is 1.88 bits per heavy atom. The lowest BCUT2D eigenvalue weighted by Crippen LogP contribution is -2.45. The van der Waals surface area contributed by atoms with E-state index in [-0.39, 0.29) is 22.4 Å². The van der Waals surface area contributed by atoms with E-state index in [1.54, 1.807) is 0 Å². The largest absolute Gasteiger partial charge is 0.338 e. The number of H-pyrrole nitrogens is 1. The van der Waals surface area contributed by atoms with E-state index in [0.29, 0.717) is 13.1 Å². The predicted molar refractivity (Wildman–Crippen MR) is 98.8 cm³/mol. The van der Waals surface area contributed by atoms with Gasteiger partial charge in [-0.15, -0.1) is 0 Å². The van der Waals surface area contributed by atoms with Gasteiger partial charge in [-0.3, -0.25) is 9.59 Å². The third kappa shape index (κ3) is 2.53. The highest BCUT2D eigenvalue weighted by Gasteiger charge is 2.39. The van der Waals surface area contributed by atoms with Crippen LogP contribution in [0, 0.1) is 13.8 Å². The number of aromatic amines is 1. The van der Waals surface area contributed by atoms with E-state index in [4.69, 9.17) is 0 Å². The molecular weight excluding hydrogens is 312 g/mol. The fraction of sp³-hybridized carbons (Fsp3) is 0.333. The molecule has 0 atom stereocenters. The molecule has 2 heterocycles. The van der Waals surface area contributed by atoms with Gasteiger partial charge in [0.05, 0.1) is 0 Å². The lowest BCUT2D eigenvalue weighted by atomic mass is 9.74. The summed E-state index contributed by atoms with van der Waals surface area (Å²) in [5.74, 6) is -0.149. The number of pyridine rings is 1. The number of carbonyl (C=O) groups is 1. The first-order chi connectivity index (χ1) is 12.0. The van der Waals surface area contributed by atoms with Gasteiger partial charge in [0.15, 0.2) is 0 Å². The van der Waals surface area contributed by atoms with Crippen LogP contribution in [0.5, 0.6) is 0 Å². The Kier molecular flexibility index (Phi) is 3.64. The standard InChI is InChI=1S/C21H22N2O2/c1-14-13-15(2)22-19(24)18(14)20(25)23-11-9-21(10-12-23)8-7-16-5-3-4-6-17(16)21/h3-8,13H,9-12H2,1-2H3,(H,22,24). The van der Waals surface area contributed by atoms with Gasteiger partial charge < -0.3 is 9.88 Å². The van der Waals surface area contributed by atoms with Crippen molar-refractivity contribution in [2.75, 3.05) is 13.1 Å². The van der Waals surface area contributed by atoms with Gasteiger partial charge in [-0.2, -0.15) is 0 Å². The Morgan fingerprint density at radius 1 is 1.16 bits per heavy atom. The summed E-state index contributed by atoms with van der Waals surface area (Å²) in [6.07, 6.45) is 6.29. The third-order valence-corrected chi connectivity index (χ3v) is 5.60. The van der Waals surface area contributed by atoms with Crippen molar-refractivity contribution in [1.82, 2.24) is 9.88 Å². The second kappa shape index (κ2) is 5.73. The Labute approximate surface area is 147 Å². The van der Waals surface area contributed by atoms with Crippen LogP contribution in [0.15, 0.2) is 41.2 Å². The van der Waals surface area contributed by atoms with Crippen LogP contribution in [0.3, 0.4) is 0 Å². The number of nitrogens with one attached hydrogen (secondary N) is 1. The summed E-state index contributed by atoms with van der Waals surface area (Å²) in [5, 5.41) is 0. The van der Waals surface area contributed by atoms with Gasteiger partial charge in [0.25, 0.3) is 11.5 Å². The Bertz CT molecular complexity index is 931. The van der Waals surface area contributed by atoms with Crippen LogP contribution >= 0.6 is 0 Å². The summed E-state index contributed by atoms with van der Waals surface area (Å²) < 4.78 is 0. The number of likely N-dealkylation sites (tertiary alicyclic amines) is 1. The molecule has 25 heavy (non-hydrogen) atoms. The minimum absolute atomic E-state index is 0.0438. The van der Waals surface area contributed by atoms with Crippen LogP contribution in [0.25, 0.3) is 6.08 Å². The average molecular weight is 334 g/mol. The molecule has 0 unspecified atom stereocenters. The average Bonchev–Trinajstić information content (AvgIpc) is 2.93. The Balaban J connectivity index is 1.57. The van der Waals surface area contributed by atoms with Crippen molar-refractivity contribution in [3.8, 4) is 0 Å². The van der Waals surface area contributed by atoms with E-state index in [2.05, 4.69) is 41.4 Å². The van der Waals surface area contributed by atoms with E-state index in [1.807, 2.05) is 24.8 Å². The van der Waals surface area contributed by atoms with Crippen LogP contribution in [-0.4, -0.2) is 28.9 Å². The first-order valence-corrected chi connectivity index (χ1v) is 8.79. The molecule has 2 aromatic rings. The topological polar surface area (TPSA) is 53.2 Å². The fourth-order valence-corrected chi connectivity index (χ4v) is 4.26. The maximum Gasteiger partial charge on any atom is 0.261 e. The highest BCUT2D eigenvalue weighted by Crippen LogP contribution is 2.43. The van der Waals surface area contributed by atoms with Crippen molar-refractivity contribution >= 4 is 12.0 Å². The summed E-state index contributed by atoms with van der Waals surface area (Å²) in [4.78, 5) is 29.7. The van der Waals surface area contributed by atoms with Gasteiger partial charge in [-0.1, -0.05) is 36.4 Å². The molecule has 4 rings (SSSR count). The minimum Gasteiger partial charge on any atom is -0.338 e. The molecule has 1 spiro atoms. The third-order valence-electron chi connectivity index (χ3n) is 5.60. The lowest BCUT2D eigenvalue weighted by molar-refractivity contribution is 0.0687. The lowest BCUT2D eigenvalue weighted by Gasteiger charge is -2.39. The molecule has 2 aliphatic rings. The summed E-state index contributed by atoms with van der Waals surface area (Å²) in [5.41, 5.74) is 4.22. The number of nitrogens with zero attached hydrogens (tertiary/aromatic N) is 1. The zero-order valence-electron chi connectivity index (χ0n) is 14.6. The molecule has 1 aromatic heterocycles. The van der Waals surface area contributed by atoms with Gasteiger partial charge in [-0.25, -0.2) is 0 Å². The first kappa shape index (κ1) is 15.9. The molecule has 0 saturated carbocycles. The van der Waals surface area contributed by atoms with Crippen LogP contribution in [0.4, 0.5) is 0 Å². The smallest absolute Gasteiger partial charge is 0.261 e. The van der Waals surface area contributed by atoms with Gasteiger partial charge >= 0.3 is 0 Å². The fourth-order valence-electron chi connectivity index (χ4n) is 4.26. The Morgan fingerprint density at radius 3 is 2.60 bits per heavy atom. The number of rotatable bonds is 1. The number of benzene rings is 1. The number of carbonyl (C=O) groups excluding carboxylic acids is 1. The monoisotopic (exact) mass is 334 g/mol. The maximum absolute atomic E-state index is 12.9. The molecule has 1 N–H and O–H groups in total. The summed E-state index contributed by atoms with van der Waals surface area (Å²) >= 11 is 0. The summed E-state index contributed by atoms with van der Waals surface area (Å²) in [7, 11) is 0. The number of piperidine rings is 1. The van der Waals surface area contributed by atoms with Crippen molar-refractivity contribution in [2.24, 2.45) is 0 Å². The van der Waals surface area contributed by atoms with Gasteiger partial charge in [-0.05, 0) is 49.4 Å². The van der Waals surface area contributed by atoms with Crippen LogP contribution in [-0.2, 0) is 5.41 Å². The van der Waals surface area contributed by atoms with Crippen LogP contribution in [0.1, 0.15) is 45.6 Å². The van der Waals surface area contributed by atoms with Crippen LogP contribution in [0.2, 0.25) is 0 Å². The molecule has 1 fully saturated rings. The van der Waals surface area contributed by atoms with Crippen molar-refractivity contribution in [3.05, 3.63) is 74.7 Å². The molecule has 1 aliphatic heterocycles. The van der Waals surface area contributed by atoms with E-state index in [1.165, 1.54) is 11.1 Å². The highest BCUT2D eigenvalue weighted by atomic mass is 16.2. The second-order valence-electron chi connectivity index (χ2n) is 7.21. The van der Waals surface area contributed by atoms with Crippen LogP contribution < -0.4 is 5.56 Å².